The lowest BCUT2D eigenvalue weighted by Crippen LogP contribution is -2.50. The van der Waals surface area contributed by atoms with Crippen LogP contribution < -0.4 is 0 Å². The van der Waals surface area contributed by atoms with E-state index in [0.29, 0.717) is 28.9 Å². The molecular weight excluding hydrogens is 427 g/mol. The molecule has 0 aliphatic carbocycles. The molecule has 0 bridgehead atoms. The zero-order valence-electron chi connectivity index (χ0n) is 18.0. The van der Waals surface area contributed by atoms with Gasteiger partial charge in [0.05, 0.1) is 18.2 Å². The number of carbonyl (C=O) groups is 3. The Morgan fingerprint density at radius 2 is 1.53 bits per heavy atom. The summed E-state index contributed by atoms with van der Waals surface area (Å²) in [5.74, 6) is -1.18. The second-order valence-electron chi connectivity index (χ2n) is 7.48. The Morgan fingerprint density at radius 3 is 2.00 bits per heavy atom. The Bertz CT molecular complexity index is 1020. The lowest BCUT2D eigenvalue weighted by molar-refractivity contribution is -0.137. The van der Waals surface area contributed by atoms with Crippen LogP contribution in [-0.2, 0) is 17.3 Å². The van der Waals surface area contributed by atoms with Gasteiger partial charge in [0.25, 0.3) is 11.8 Å². The third-order valence-electron chi connectivity index (χ3n) is 5.60. The molecule has 0 radical (unpaired) electrons. The number of halogens is 3. The van der Waals surface area contributed by atoms with Crippen molar-refractivity contribution in [3.8, 4) is 0 Å². The molecule has 3 rings (SSSR count). The number of nitrogens with one attached hydrogen (secondary N) is 1. The molecule has 0 atom stereocenters. The van der Waals surface area contributed by atoms with E-state index in [-0.39, 0.29) is 43.6 Å². The number of aromatic amines is 1. The van der Waals surface area contributed by atoms with E-state index in [9.17, 15) is 27.6 Å². The van der Waals surface area contributed by atoms with Gasteiger partial charge in [-0.05, 0) is 43.2 Å². The molecule has 7 nitrogen and oxygen atoms in total. The topological polar surface area (TPSA) is 82.7 Å². The average Bonchev–Trinajstić information content (AvgIpc) is 3.13. The van der Waals surface area contributed by atoms with Crippen LogP contribution in [0.5, 0.6) is 0 Å². The van der Waals surface area contributed by atoms with Gasteiger partial charge in [-0.15, -0.1) is 0 Å². The third kappa shape index (κ3) is 4.49. The molecule has 2 amide bonds. The summed E-state index contributed by atoms with van der Waals surface area (Å²) in [5.41, 5.74) is 1.15. The summed E-state index contributed by atoms with van der Waals surface area (Å²) in [6.07, 6.45) is -3.94. The number of aromatic nitrogens is 1. The number of aryl methyl sites for hydroxylation is 1. The van der Waals surface area contributed by atoms with E-state index in [2.05, 4.69) is 4.98 Å². The van der Waals surface area contributed by atoms with E-state index < -0.39 is 17.7 Å². The Labute approximate surface area is 183 Å². The summed E-state index contributed by atoms with van der Waals surface area (Å²) >= 11 is 0. The number of piperazine rings is 1. The normalized spacial score (nSPS) is 14.4. The van der Waals surface area contributed by atoms with Crippen molar-refractivity contribution >= 4 is 17.8 Å². The first-order valence-corrected chi connectivity index (χ1v) is 10.1. The van der Waals surface area contributed by atoms with Crippen molar-refractivity contribution in [3.63, 3.8) is 0 Å². The maximum absolute atomic E-state index is 13.0. The minimum Gasteiger partial charge on any atom is -0.465 e. The van der Waals surface area contributed by atoms with Crippen LogP contribution >= 0.6 is 0 Å². The fourth-order valence-corrected chi connectivity index (χ4v) is 3.77. The van der Waals surface area contributed by atoms with E-state index in [4.69, 9.17) is 4.74 Å². The quantitative estimate of drug-likeness (QED) is 0.724. The number of hydrogen-bond acceptors (Lipinski definition) is 4. The van der Waals surface area contributed by atoms with E-state index in [1.807, 2.05) is 6.92 Å². The molecule has 32 heavy (non-hydrogen) atoms. The summed E-state index contributed by atoms with van der Waals surface area (Å²) in [5, 5.41) is 0. The molecule has 0 unspecified atom stereocenters. The molecule has 1 aliphatic heterocycles. The predicted molar refractivity (Wildman–Crippen MR) is 109 cm³/mol. The van der Waals surface area contributed by atoms with Gasteiger partial charge in [-0.25, -0.2) is 4.79 Å². The number of esters is 1. The van der Waals surface area contributed by atoms with Gasteiger partial charge in [-0.2, -0.15) is 13.2 Å². The molecule has 1 fully saturated rings. The average molecular weight is 451 g/mol. The van der Waals surface area contributed by atoms with Crippen molar-refractivity contribution in [1.82, 2.24) is 14.8 Å². The predicted octanol–water partition coefficient (Wildman–Crippen LogP) is 3.29. The number of ether oxygens (including phenoxy) is 1. The van der Waals surface area contributed by atoms with Gasteiger partial charge in [0.2, 0.25) is 0 Å². The van der Waals surface area contributed by atoms with Gasteiger partial charge >= 0.3 is 12.1 Å². The number of carbonyl (C=O) groups excluding carboxylic acids is 3. The molecule has 1 saturated heterocycles. The van der Waals surface area contributed by atoms with Crippen LogP contribution in [0.3, 0.4) is 0 Å². The van der Waals surface area contributed by atoms with E-state index in [0.717, 1.165) is 24.3 Å². The van der Waals surface area contributed by atoms with Crippen molar-refractivity contribution in [2.24, 2.45) is 0 Å². The number of H-pyrrole nitrogens is 1. The highest BCUT2D eigenvalue weighted by Crippen LogP contribution is 2.29. The molecule has 0 spiro atoms. The number of benzene rings is 1. The monoisotopic (exact) mass is 451 g/mol. The van der Waals surface area contributed by atoms with Gasteiger partial charge in [-0.3, -0.25) is 9.59 Å². The van der Waals surface area contributed by atoms with E-state index in [1.54, 1.807) is 11.8 Å². The fraction of sp³-hybridized carbons (Fsp3) is 0.409. The fourth-order valence-electron chi connectivity index (χ4n) is 3.77. The van der Waals surface area contributed by atoms with Gasteiger partial charge in [0.15, 0.2) is 0 Å². The number of methoxy groups -OCH3 is 1. The lowest BCUT2D eigenvalue weighted by atomic mass is 10.1. The van der Waals surface area contributed by atoms with E-state index in [1.165, 1.54) is 12.0 Å². The Kier molecular flexibility index (Phi) is 6.61. The smallest absolute Gasteiger partial charge is 0.416 e. The first-order valence-electron chi connectivity index (χ1n) is 10.1. The van der Waals surface area contributed by atoms with Crippen LogP contribution in [0.4, 0.5) is 13.2 Å². The third-order valence-corrected chi connectivity index (χ3v) is 5.60. The molecule has 1 aliphatic rings. The van der Waals surface area contributed by atoms with Crippen molar-refractivity contribution in [3.05, 3.63) is 57.9 Å². The van der Waals surface area contributed by atoms with Crippen LogP contribution in [0.25, 0.3) is 0 Å². The lowest BCUT2D eigenvalue weighted by Gasteiger charge is -2.34. The molecule has 2 heterocycles. The van der Waals surface area contributed by atoms with E-state index >= 15 is 0 Å². The Balaban J connectivity index is 1.68. The summed E-state index contributed by atoms with van der Waals surface area (Å²) < 4.78 is 43.0. The molecule has 1 aromatic heterocycles. The van der Waals surface area contributed by atoms with Crippen LogP contribution in [0.15, 0.2) is 24.3 Å². The van der Waals surface area contributed by atoms with Crippen molar-refractivity contribution in [2.75, 3.05) is 33.3 Å². The van der Waals surface area contributed by atoms with Crippen LogP contribution in [-0.4, -0.2) is 65.9 Å². The Morgan fingerprint density at radius 1 is 1.00 bits per heavy atom. The summed E-state index contributed by atoms with van der Waals surface area (Å²) in [6.45, 7) is 4.56. The molecule has 0 saturated carbocycles. The zero-order valence-corrected chi connectivity index (χ0v) is 18.0. The van der Waals surface area contributed by atoms with Crippen molar-refractivity contribution in [2.45, 2.75) is 26.4 Å². The second kappa shape index (κ2) is 9.05. The standard InChI is InChI=1S/C22H24F3N3O4/c1-4-16-17(21(31)32-3)13(2)18(26-16)20(30)28-11-9-27(10-12-28)19(29)14-5-7-15(8-6-14)22(23,24)25/h5-8,26H,4,9-12H2,1-3H3. The SMILES string of the molecule is CCc1[nH]c(C(=O)N2CCN(C(=O)c3ccc(C(F)(F)F)cc3)CC2)c(C)c1C(=O)OC. The summed E-state index contributed by atoms with van der Waals surface area (Å²) in [7, 11) is 1.28. The highest BCUT2D eigenvalue weighted by molar-refractivity contribution is 6.01. The van der Waals surface area contributed by atoms with Crippen molar-refractivity contribution < 1.29 is 32.3 Å². The highest BCUT2D eigenvalue weighted by Gasteiger charge is 2.32. The maximum Gasteiger partial charge on any atom is 0.416 e. The second-order valence-corrected chi connectivity index (χ2v) is 7.48. The van der Waals surface area contributed by atoms with Crippen molar-refractivity contribution in [1.29, 1.82) is 0 Å². The minimum atomic E-state index is -4.46. The van der Waals surface area contributed by atoms with Gasteiger partial charge in [-0.1, -0.05) is 6.92 Å². The number of hydrogen-bond donors (Lipinski definition) is 1. The largest absolute Gasteiger partial charge is 0.465 e. The number of alkyl halides is 3. The molecule has 2 aromatic rings. The summed E-state index contributed by atoms with van der Waals surface area (Å²) in [6, 6.07) is 4.08. The molecule has 10 heteroatoms. The molecular formula is C22H24F3N3O4. The van der Waals surface area contributed by atoms with Gasteiger partial charge < -0.3 is 19.5 Å². The minimum absolute atomic E-state index is 0.160. The number of amides is 2. The van der Waals surface area contributed by atoms with Gasteiger partial charge in [0.1, 0.15) is 5.69 Å². The van der Waals surface area contributed by atoms with Gasteiger partial charge in [0, 0.05) is 37.4 Å². The molecule has 172 valence electrons. The first kappa shape index (κ1) is 23.4. The molecule has 1 aromatic carbocycles. The van der Waals surface area contributed by atoms with Crippen LogP contribution in [0, 0.1) is 6.92 Å². The summed E-state index contributed by atoms with van der Waals surface area (Å²) in [4.78, 5) is 43.9. The number of rotatable bonds is 4. The van der Waals surface area contributed by atoms with Crippen LogP contribution in [0.1, 0.15) is 54.9 Å². The van der Waals surface area contributed by atoms with Crippen LogP contribution in [0.2, 0.25) is 0 Å². The zero-order chi connectivity index (χ0) is 23.6. The number of nitrogens with zero attached hydrogens (tertiary/aromatic N) is 2. The first-order chi connectivity index (χ1) is 15.1. The maximum atomic E-state index is 13.0. The Hall–Kier alpha value is -3.30. The molecule has 1 N–H and O–H groups in total. The highest BCUT2D eigenvalue weighted by atomic mass is 19.4.